The van der Waals surface area contributed by atoms with Crippen molar-refractivity contribution in [2.45, 2.75) is 12.6 Å². The molecule has 0 bridgehead atoms. The SMILES string of the molecule is NC(=O)C1CCN(c2cc(C(F)(F)F)cc(N)n2)C1. The fraction of sp³-hybridized carbons (Fsp3) is 0.455. The number of carbonyl (C=O) groups is 1. The van der Waals surface area contributed by atoms with Gasteiger partial charge in [0, 0.05) is 13.1 Å². The zero-order chi connectivity index (χ0) is 14.2. The van der Waals surface area contributed by atoms with Gasteiger partial charge < -0.3 is 16.4 Å². The van der Waals surface area contributed by atoms with Crippen molar-refractivity contribution >= 4 is 17.5 Å². The van der Waals surface area contributed by atoms with Crippen molar-refractivity contribution in [3.63, 3.8) is 0 Å². The van der Waals surface area contributed by atoms with Crippen molar-refractivity contribution in [1.82, 2.24) is 4.98 Å². The Hall–Kier alpha value is -1.99. The third kappa shape index (κ3) is 2.88. The molecular weight excluding hydrogens is 261 g/mol. The molecule has 1 aromatic rings. The normalized spacial score (nSPS) is 19.7. The first kappa shape index (κ1) is 13.4. The second-order valence-corrected chi connectivity index (χ2v) is 4.47. The number of pyridine rings is 1. The summed E-state index contributed by atoms with van der Waals surface area (Å²) in [6.45, 7) is 0.699. The highest BCUT2D eigenvalue weighted by Gasteiger charge is 2.33. The summed E-state index contributed by atoms with van der Waals surface area (Å²) in [5.74, 6) is -0.900. The van der Waals surface area contributed by atoms with Crippen molar-refractivity contribution in [2.75, 3.05) is 23.7 Å². The van der Waals surface area contributed by atoms with Crippen LogP contribution in [0.2, 0.25) is 0 Å². The standard InChI is InChI=1S/C11H13F3N4O/c12-11(13,14)7-3-8(15)17-9(4-7)18-2-1-6(5-18)10(16)19/h3-4,6H,1-2,5H2,(H2,15,17)(H2,16,19). The van der Waals surface area contributed by atoms with Crippen LogP contribution < -0.4 is 16.4 Å². The number of carbonyl (C=O) groups excluding carboxylic acids is 1. The topological polar surface area (TPSA) is 85.2 Å². The number of alkyl halides is 3. The van der Waals surface area contributed by atoms with Crippen molar-refractivity contribution in [2.24, 2.45) is 11.7 Å². The van der Waals surface area contributed by atoms with E-state index < -0.39 is 17.6 Å². The molecule has 0 aromatic carbocycles. The Kier molecular flexibility index (Phi) is 3.25. The van der Waals surface area contributed by atoms with Crippen LogP contribution in [-0.4, -0.2) is 24.0 Å². The molecule has 0 aliphatic carbocycles. The molecule has 1 unspecified atom stereocenters. The lowest BCUT2D eigenvalue weighted by molar-refractivity contribution is -0.137. The van der Waals surface area contributed by atoms with E-state index in [0.717, 1.165) is 12.1 Å². The van der Waals surface area contributed by atoms with Crippen LogP contribution in [0.3, 0.4) is 0 Å². The van der Waals surface area contributed by atoms with Crippen molar-refractivity contribution in [3.05, 3.63) is 17.7 Å². The summed E-state index contributed by atoms with van der Waals surface area (Å²) in [4.78, 5) is 16.5. The van der Waals surface area contributed by atoms with Gasteiger partial charge in [0.15, 0.2) is 0 Å². The van der Waals surface area contributed by atoms with Gasteiger partial charge in [-0.15, -0.1) is 0 Å². The van der Waals surface area contributed by atoms with E-state index in [4.69, 9.17) is 11.5 Å². The molecule has 4 N–H and O–H groups in total. The average Bonchev–Trinajstić information content (AvgIpc) is 2.76. The van der Waals surface area contributed by atoms with E-state index in [9.17, 15) is 18.0 Å². The number of amides is 1. The fourth-order valence-corrected chi connectivity index (χ4v) is 2.06. The maximum absolute atomic E-state index is 12.7. The minimum absolute atomic E-state index is 0.121. The van der Waals surface area contributed by atoms with Gasteiger partial charge in [0.1, 0.15) is 11.6 Å². The van der Waals surface area contributed by atoms with Crippen LogP contribution in [0.4, 0.5) is 24.8 Å². The quantitative estimate of drug-likeness (QED) is 0.842. The first-order chi connectivity index (χ1) is 8.77. The Bertz CT molecular complexity index is 503. The molecule has 104 valence electrons. The molecule has 0 radical (unpaired) electrons. The minimum Gasteiger partial charge on any atom is -0.384 e. The zero-order valence-electron chi connectivity index (χ0n) is 9.94. The minimum atomic E-state index is -4.48. The van der Waals surface area contributed by atoms with Crippen molar-refractivity contribution in [3.8, 4) is 0 Å². The molecule has 1 aliphatic heterocycles. The third-order valence-corrected chi connectivity index (χ3v) is 3.07. The Morgan fingerprint density at radius 1 is 1.42 bits per heavy atom. The van der Waals surface area contributed by atoms with Crippen LogP contribution in [0.5, 0.6) is 0 Å². The molecule has 1 aromatic heterocycles. The molecule has 1 aliphatic rings. The predicted octanol–water partition coefficient (Wildman–Crippen LogP) is 0.994. The monoisotopic (exact) mass is 274 g/mol. The predicted molar refractivity (Wildman–Crippen MR) is 63.2 cm³/mol. The summed E-state index contributed by atoms with van der Waals surface area (Å²) in [5.41, 5.74) is 9.72. The first-order valence-electron chi connectivity index (χ1n) is 5.66. The summed E-state index contributed by atoms with van der Waals surface area (Å²) >= 11 is 0. The number of nitrogen functional groups attached to an aromatic ring is 1. The number of anilines is 2. The van der Waals surface area contributed by atoms with E-state index in [1.54, 1.807) is 4.90 Å². The highest BCUT2D eigenvalue weighted by atomic mass is 19.4. The average molecular weight is 274 g/mol. The smallest absolute Gasteiger partial charge is 0.384 e. The molecule has 1 atom stereocenters. The second-order valence-electron chi connectivity index (χ2n) is 4.47. The molecule has 2 heterocycles. The van der Waals surface area contributed by atoms with Gasteiger partial charge in [-0.1, -0.05) is 0 Å². The largest absolute Gasteiger partial charge is 0.416 e. The summed E-state index contributed by atoms with van der Waals surface area (Å²) in [6, 6.07) is 1.71. The Morgan fingerprint density at radius 3 is 2.63 bits per heavy atom. The Labute approximate surface area is 107 Å². The molecular formula is C11H13F3N4O. The van der Waals surface area contributed by atoms with Gasteiger partial charge in [-0.2, -0.15) is 13.2 Å². The summed E-state index contributed by atoms with van der Waals surface area (Å²) in [7, 11) is 0. The van der Waals surface area contributed by atoms with Crippen LogP contribution in [0.15, 0.2) is 12.1 Å². The summed E-state index contributed by atoms with van der Waals surface area (Å²) in [6.07, 6.45) is -3.97. The number of aromatic nitrogens is 1. The van der Waals surface area contributed by atoms with Gasteiger partial charge in [0.05, 0.1) is 11.5 Å². The lowest BCUT2D eigenvalue weighted by atomic mass is 10.1. The zero-order valence-corrected chi connectivity index (χ0v) is 9.94. The number of halogens is 3. The lowest BCUT2D eigenvalue weighted by Gasteiger charge is -2.19. The van der Waals surface area contributed by atoms with Gasteiger partial charge in [0.25, 0.3) is 0 Å². The van der Waals surface area contributed by atoms with Gasteiger partial charge >= 0.3 is 6.18 Å². The van der Waals surface area contributed by atoms with Crippen LogP contribution >= 0.6 is 0 Å². The van der Waals surface area contributed by atoms with Crippen LogP contribution in [0.25, 0.3) is 0 Å². The van der Waals surface area contributed by atoms with Gasteiger partial charge in [-0.05, 0) is 18.6 Å². The van der Waals surface area contributed by atoms with E-state index in [1.807, 2.05) is 0 Å². The molecule has 0 saturated carbocycles. The highest BCUT2D eigenvalue weighted by molar-refractivity contribution is 5.78. The number of primary amides is 1. The first-order valence-corrected chi connectivity index (χ1v) is 5.66. The van der Waals surface area contributed by atoms with Crippen LogP contribution in [-0.2, 0) is 11.0 Å². The maximum Gasteiger partial charge on any atom is 0.416 e. The van der Waals surface area contributed by atoms with Gasteiger partial charge in [0.2, 0.25) is 5.91 Å². The summed E-state index contributed by atoms with van der Waals surface area (Å²) in [5, 5.41) is 0. The molecule has 8 heteroatoms. The van der Waals surface area contributed by atoms with E-state index in [1.165, 1.54) is 0 Å². The molecule has 1 fully saturated rings. The van der Waals surface area contributed by atoms with Gasteiger partial charge in [-0.25, -0.2) is 4.98 Å². The molecule has 2 rings (SSSR count). The van der Waals surface area contributed by atoms with E-state index in [-0.39, 0.29) is 24.1 Å². The van der Waals surface area contributed by atoms with E-state index in [2.05, 4.69) is 4.98 Å². The lowest BCUT2D eigenvalue weighted by Crippen LogP contribution is -2.28. The molecule has 1 saturated heterocycles. The number of nitrogens with zero attached hydrogens (tertiary/aromatic N) is 2. The Balaban J connectivity index is 2.26. The van der Waals surface area contributed by atoms with E-state index >= 15 is 0 Å². The molecule has 0 spiro atoms. The van der Waals surface area contributed by atoms with Crippen LogP contribution in [0.1, 0.15) is 12.0 Å². The number of nitrogens with two attached hydrogens (primary N) is 2. The second kappa shape index (κ2) is 4.60. The highest BCUT2D eigenvalue weighted by Crippen LogP contribution is 2.33. The number of hydrogen-bond donors (Lipinski definition) is 2. The number of hydrogen-bond acceptors (Lipinski definition) is 4. The van der Waals surface area contributed by atoms with Crippen molar-refractivity contribution in [1.29, 1.82) is 0 Å². The molecule has 1 amide bonds. The fourth-order valence-electron chi connectivity index (χ4n) is 2.06. The van der Waals surface area contributed by atoms with Gasteiger partial charge in [-0.3, -0.25) is 4.79 Å². The van der Waals surface area contributed by atoms with Crippen LogP contribution in [0, 0.1) is 5.92 Å². The number of rotatable bonds is 2. The van der Waals surface area contributed by atoms with Crippen molar-refractivity contribution < 1.29 is 18.0 Å². The maximum atomic E-state index is 12.7. The summed E-state index contributed by atoms with van der Waals surface area (Å²) < 4.78 is 38.0. The molecule has 5 nitrogen and oxygen atoms in total. The van der Waals surface area contributed by atoms with E-state index in [0.29, 0.717) is 13.0 Å². The third-order valence-electron chi connectivity index (χ3n) is 3.07. The molecule has 19 heavy (non-hydrogen) atoms. The Morgan fingerprint density at radius 2 is 2.11 bits per heavy atom.